The van der Waals surface area contributed by atoms with Gasteiger partial charge in [-0.3, -0.25) is 9.67 Å². The fourth-order valence-electron chi connectivity index (χ4n) is 1.99. The van der Waals surface area contributed by atoms with Crippen LogP contribution in [0.3, 0.4) is 0 Å². The Morgan fingerprint density at radius 1 is 1.37 bits per heavy atom. The van der Waals surface area contributed by atoms with Gasteiger partial charge in [0.05, 0.1) is 28.6 Å². The van der Waals surface area contributed by atoms with Crippen molar-refractivity contribution in [2.24, 2.45) is 0 Å². The maximum absolute atomic E-state index is 6.00. The Hall–Kier alpha value is -1.39. The van der Waals surface area contributed by atoms with Crippen LogP contribution in [0.5, 0.6) is 0 Å². The lowest BCUT2D eigenvalue weighted by Crippen LogP contribution is -2.16. The van der Waals surface area contributed by atoms with Crippen molar-refractivity contribution in [3.8, 4) is 0 Å². The van der Waals surface area contributed by atoms with Crippen molar-refractivity contribution in [1.29, 1.82) is 0 Å². The SMILES string of the molecule is Cc1nn(Cc2cccc(CNC3CC3)n2)cc1Cl. The zero-order valence-corrected chi connectivity index (χ0v) is 11.7. The zero-order chi connectivity index (χ0) is 13.2. The van der Waals surface area contributed by atoms with E-state index in [1.165, 1.54) is 12.8 Å². The second-order valence-electron chi connectivity index (χ2n) is 5.04. The predicted octanol–water partition coefficient (Wildman–Crippen LogP) is 2.54. The molecule has 0 spiro atoms. The van der Waals surface area contributed by atoms with Crippen LogP contribution in [0.1, 0.15) is 29.9 Å². The first-order valence-electron chi connectivity index (χ1n) is 6.58. The molecule has 1 aliphatic carbocycles. The average molecular weight is 277 g/mol. The molecule has 0 amide bonds. The van der Waals surface area contributed by atoms with E-state index in [9.17, 15) is 0 Å². The van der Waals surface area contributed by atoms with Gasteiger partial charge in [-0.05, 0) is 31.9 Å². The monoisotopic (exact) mass is 276 g/mol. The standard InChI is InChI=1S/C14H17ClN4/c1-10-14(15)9-19(18-10)8-13-4-2-3-12(17-13)7-16-11-5-6-11/h2-4,9,11,16H,5-8H2,1H3. The third-order valence-corrected chi connectivity index (χ3v) is 3.60. The maximum atomic E-state index is 6.00. The smallest absolute Gasteiger partial charge is 0.0832 e. The molecule has 3 rings (SSSR count). The summed E-state index contributed by atoms with van der Waals surface area (Å²) in [7, 11) is 0. The van der Waals surface area contributed by atoms with Gasteiger partial charge >= 0.3 is 0 Å². The molecule has 0 saturated heterocycles. The van der Waals surface area contributed by atoms with Crippen LogP contribution in [0.25, 0.3) is 0 Å². The van der Waals surface area contributed by atoms with Gasteiger partial charge in [0.1, 0.15) is 0 Å². The highest BCUT2D eigenvalue weighted by Crippen LogP contribution is 2.19. The molecule has 0 bridgehead atoms. The normalized spacial score (nSPS) is 14.8. The lowest BCUT2D eigenvalue weighted by Gasteiger charge is -2.05. The second kappa shape index (κ2) is 5.31. The largest absolute Gasteiger partial charge is 0.308 e. The van der Waals surface area contributed by atoms with Gasteiger partial charge in [-0.15, -0.1) is 0 Å². The molecular weight excluding hydrogens is 260 g/mol. The quantitative estimate of drug-likeness (QED) is 0.913. The van der Waals surface area contributed by atoms with E-state index < -0.39 is 0 Å². The first-order valence-corrected chi connectivity index (χ1v) is 6.96. The van der Waals surface area contributed by atoms with Crippen molar-refractivity contribution in [2.45, 2.75) is 38.9 Å². The molecule has 2 aromatic rings. The Balaban J connectivity index is 1.67. The van der Waals surface area contributed by atoms with Gasteiger partial charge in [0, 0.05) is 18.8 Å². The van der Waals surface area contributed by atoms with Crippen LogP contribution in [0, 0.1) is 6.92 Å². The van der Waals surface area contributed by atoms with Gasteiger partial charge in [-0.1, -0.05) is 17.7 Å². The van der Waals surface area contributed by atoms with Crippen LogP contribution in [0.2, 0.25) is 5.02 Å². The van der Waals surface area contributed by atoms with Crippen molar-refractivity contribution in [2.75, 3.05) is 0 Å². The third kappa shape index (κ3) is 3.33. The van der Waals surface area contributed by atoms with E-state index in [0.29, 0.717) is 17.6 Å². The summed E-state index contributed by atoms with van der Waals surface area (Å²) in [4.78, 5) is 4.64. The van der Waals surface area contributed by atoms with E-state index in [1.54, 1.807) is 0 Å². The fourth-order valence-corrected chi connectivity index (χ4v) is 2.14. The fraction of sp³-hybridized carbons (Fsp3) is 0.429. The minimum atomic E-state index is 0.658. The first-order chi connectivity index (χ1) is 9.20. The molecule has 19 heavy (non-hydrogen) atoms. The van der Waals surface area contributed by atoms with Crippen molar-refractivity contribution >= 4 is 11.6 Å². The van der Waals surface area contributed by atoms with Crippen LogP contribution in [0.15, 0.2) is 24.4 Å². The molecule has 0 unspecified atom stereocenters. The lowest BCUT2D eigenvalue weighted by molar-refractivity contribution is 0.645. The van der Waals surface area contributed by atoms with E-state index in [2.05, 4.69) is 21.5 Å². The Bertz CT molecular complexity index is 555. The average Bonchev–Trinajstić information content (AvgIpc) is 3.15. The molecule has 1 aliphatic rings. The van der Waals surface area contributed by atoms with Crippen LogP contribution in [-0.2, 0) is 13.1 Å². The van der Waals surface area contributed by atoms with Gasteiger partial charge in [-0.25, -0.2) is 0 Å². The third-order valence-electron chi connectivity index (χ3n) is 3.22. The summed E-state index contributed by atoms with van der Waals surface area (Å²) in [6.07, 6.45) is 4.43. The molecule has 2 heterocycles. The molecule has 1 fully saturated rings. The zero-order valence-electron chi connectivity index (χ0n) is 10.9. The summed E-state index contributed by atoms with van der Waals surface area (Å²) < 4.78 is 1.83. The highest BCUT2D eigenvalue weighted by molar-refractivity contribution is 6.31. The molecule has 1 saturated carbocycles. The Kier molecular flexibility index (Phi) is 3.53. The molecule has 0 aliphatic heterocycles. The van der Waals surface area contributed by atoms with Gasteiger partial charge < -0.3 is 5.32 Å². The number of aromatic nitrogens is 3. The summed E-state index contributed by atoms with van der Waals surface area (Å²) in [6, 6.07) is 6.83. The van der Waals surface area contributed by atoms with E-state index in [-0.39, 0.29) is 0 Å². The van der Waals surface area contributed by atoms with E-state index in [4.69, 9.17) is 11.6 Å². The van der Waals surface area contributed by atoms with E-state index >= 15 is 0 Å². The van der Waals surface area contributed by atoms with Crippen molar-refractivity contribution in [3.05, 3.63) is 46.5 Å². The number of hydrogen-bond acceptors (Lipinski definition) is 3. The summed E-state index contributed by atoms with van der Waals surface area (Å²) >= 11 is 6.00. The van der Waals surface area contributed by atoms with Crippen molar-refractivity contribution in [3.63, 3.8) is 0 Å². The predicted molar refractivity (Wildman–Crippen MR) is 75.2 cm³/mol. The summed E-state index contributed by atoms with van der Waals surface area (Å²) in [5.74, 6) is 0. The topological polar surface area (TPSA) is 42.7 Å². The number of aryl methyl sites for hydroxylation is 1. The summed E-state index contributed by atoms with van der Waals surface area (Å²) in [6.45, 7) is 3.41. The number of nitrogens with one attached hydrogen (secondary N) is 1. The Labute approximate surface area is 117 Å². The number of rotatable bonds is 5. The van der Waals surface area contributed by atoms with E-state index in [0.717, 1.165) is 23.6 Å². The molecule has 1 N–H and O–H groups in total. The first kappa shape index (κ1) is 12.6. The van der Waals surface area contributed by atoms with Gasteiger partial charge in [0.25, 0.3) is 0 Å². The number of hydrogen-bond donors (Lipinski definition) is 1. The molecule has 5 heteroatoms. The molecule has 2 aromatic heterocycles. The number of halogens is 1. The number of pyridine rings is 1. The summed E-state index contributed by atoms with van der Waals surface area (Å²) in [5.41, 5.74) is 2.95. The van der Waals surface area contributed by atoms with Gasteiger partial charge in [0.2, 0.25) is 0 Å². The van der Waals surface area contributed by atoms with Crippen molar-refractivity contribution in [1.82, 2.24) is 20.1 Å². The molecule has 0 aromatic carbocycles. The van der Waals surface area contributed by atoms with Crippen molar-refractivity contribution < 1.29 is 0 Å². The maximum Gasteiger partial charge on any atom is 0.0832 e. The molecular formula is C14H17ClN4. The minimum Gasteiger partial charge on any atom is -0.308 e. The van der Waals surface area contributed by atoms with Gasteiger partial charge in [-0.2, -0.15) is 5.10 Å². The van der Waals surface area contributed by atoms with Gasteiger partial charge in [0.15, 0.2) is 0 Å². The number of nitrogens with zero attached hydrogens (tertiary/aromatic N) is 3. The highest BCUT2D eigenvalue weighted by Gasteiger charge is 2.20. The summed E-state index contributed by atoms with van der Waals surface area (Å²) in [5, 5.41) is 8.52. The lowest BCUT2D eigenvalue weighted by atomic mass is 10.3. The molecule has 100 valence electrons. The van der Waals surface area contributed by atoms with Crippen LogP contribution >= 0.6 is 11.6 Å². The molecule has 4 nitrogen and oxygen atoms in total. The molecule has 0 atom stereocenters. The molecule has 0 radical (unpaired) electrons. The van der Waals surface area contributed by atoms with Crippen LogP contribution < -0.4 is 5.32 Å². The Morgan fingerprint density at radius 3 is 2.84 bits per heavy atom. The van der Waals surface area contributed by atoms with Crippen LogP contribution in [0.4, 0.5) is 0 Å². The Morgan fingerprint density at radius 2 is 2.16 bits per heavy atom. The minimum absolute atomic E-state index is 0.658. The second-order valence-corrected chi connectivity index (χ2v) is 5.44. The van der Waals surface area contributed by atoms with Crippen LogP contribution in [-0.4, -0.2) is 20.8 Å². The van der Waals surface area contributed by atoms with E-state index in [1.807, 2.05) is 29.9 Å². The highest BCUT2D eigenvalue weighted by atomic mass is 35.5.